The highest BCUT2D eigenvalue weighted by Crippen LogP contribution is 2.38. The van der Waals surface area contributed by atoms with Gasteiger partial charge in [-0.1, -0.05) is 206 Å². The Bertz CT molecular complexity index is 3320. The van der Waals surface area contributed by atoms with Crippen molar-refractivity contribution in [2.75, 3.05) is 0 Å². The Morgan fingerprint density at radius 1 is 0.246 bits per heavy atom. The maximum atomic E-state index is 6.15. The number of fused-ring (bicyclic) bond motifs is 3. The zero-order chi connectivity index (χ0) is 40.5. The van der Waals surface area contributed by atoms with Gasteiger partial charge in [0.05, 0.1) is 0 Å². The van der Waals surface area contributed by atoms with Gasteiger partial charge in [0, 0.05) is 27.5 Å². The van der Waals surface area contributed by atoms with E-state index in [0.717, 1.165) is 83.1 Å². The lowest BCUT2D eigenvalue weighted by atomic mass is 9.96. The predicted octanol–water partition coefficient (Wildman–Crippen LogP) is 15.1. The first-order valence-corrected chi connectivity index (χ1v) is 20.5. The number of hydrogen-bond donors (Lipinski definition) is 0. The van der Waals surface area contributed by atoms with E-state index in [9.17, 15) is 0 Å². The summed E-state index contributed by atoms with van der Waals surface area (Å²) in [6.07, 6.45) is 0. The van der Waals surface area contributed by atoms with Gasteiger partial charge in [-0.05, 0) is 73.8 Å². The van der Waals surface area contributed by atoms with Crippen LogP contribution < -0.4 is 0 Å². The molecule has 0 aliphatic heterocycles. The maximum Gasteiger partial charge on any atom is 0.164 e. The maximum absolute atomic E-state index is 6.15. The van der Waals surface area contributed by atoms with E-state index < -0.39 is 0 Å². The Labute approximate surface area is 354 Å². The average Bonchev–Trinajstić information content (AvgIpc) is 3.74. The topological polar surface area (TPSA) is 51.8 Å². The first-order chi connectivity index (χ1) is 30.2. The van der Waals surface area contributed by atoms with E-state index >= 15 is 0 Å². The van der Waals surface area contributed by atoms with Crippen LogP contribution in [0.3, 0.4) is 0 Å². The van der Waals surface area contributed by atoms with Gasteiger partial charge in [-0.3, -0.25) is 0 Å². The molecule has 0 amide bonds. The molecule has 2 aromatic heterocycles. The predicted molar refractivity (Wildman–Crippen MR) is 251 cm³/mol. The Hall–Kier alpha value is -8.21. The molecule has 0 spiro atoms. The summed E-state index contributed by atoms with van der Waals surface area (Å²) in [7, 11) is 0. The van der Waals surface area contributed by atoms with Crippen molar-refractivity contribution in [2.45, 2.75) is 0 Å². The molecule has 0 N–H and O–H groups in total. The van der Waals surface area contributed by atoms with E-state index in [1.54, 1.807) is 0 Å². The molecule has 286 valence electrons. The highest BCUT2D eigenvalue weighted by Gasteiger charge is 2.17. The summed E-state index contributed by atoms with van der Waals surface area (Å²) in [5.74, 6) is 1.88. The van der Waals surface area contributed by atoms with Gasteiger partial charge in [0.25, 0.3) is 0 Å². The number of para-hydroxylation sites is 1. The quantitative estimate of drug-likeness (QED) is 0.154. The zero-order valence-corrected chi connectivity index (χ0v) is 33.1. The summed E-state index contributed by atoms with van der Waals surface area (Å²) < 4.78 is 6.15. The standard InChI is InChI=1S/C57H37N3O/c1-3-13-38(14-4-1)46-17-11-18-47(37-46)56-58-55(59-57(60-56)50-20-8-7-19-48(50)43-15-5-2-6-16-43)45-35-31-42(32-36-45)40-27-25-39(26-28-40)41-29-33-44(34-30-41)49-22-12-24-53-54(49)51-21-9-10-23-52(51)61-53/h1-37H. The van der Waals surface area contributed by atoms with Gasteiger partial charge in [-0.15, -0.1) is 0 Å². The SMILES string of the molecule is c1ccc(-c2cccc(-c3nc(-c4ccc(-c5ccc(-c6ccc(-c7cccc8oc9ccccc9c78)cc6)cc5)cc4)nc(-c4ccccc4-c4ccccc4)n3)c2)cc1. The van der Waals surface area contributed by atoms with Crippen LogP contribution in [0.25, 0.3) is 112 Å². The van der Waals surface area contributed by atoms with E-state index in [1.807, 2.05) is 36.4 Å². The molecule has 0 radical (unpaired) electrons. The van der Waals surface area contributed by atoms with Gasteiger partial charge in [0.15, 0.2) is 17.5 Å². The molecule has 9 aromatic carbocycles. The van der Waals surface area contributed by atoms with E-state index in [0.29, 0.717) is 17.5 Å². The van der Waals surface area contributed by atoms with E-state index in [-0.39, 0.29) is 0 Å². The van der Waals surface area contributed by atoms with Crippen LogP contribution in [0.15, 0.2) is 229 Å². The van der Waals surface area contributed by atoms with Crippen LogP contribution in [0.4, 0.5) is 0 Å². The molecule has 4 nitrogen and oxygen atoms in total. The van der Waals surface area contributed by atoms with Crippen LogP contribution in [0.1, 0.15) is 0 Å². The summed E-state index contributed by atoms with van der Waals surface area (Å²) in [5.41, 5.74) is 16.0. The van der Waals surface area contributed by atoms with Crippen molar-refractivity contribution in [2.24, 2.45) is 0 Å². The van der Waals surface area contributed by atoms with Gasteiger partial charge in [0.1, 0.15) is 11.2 Å². The molecule has 11 rings (SSSR count). The molecule has 0 fully saturated rings. The Morgan fingerprint density at radius 2 is 0.656 bits per heavy atom. The Kier molecular flexibility index (Phi) is 9.14. The van der Waals surface area contributed by atoms with Crippen LogP contribution >= 0.6 is 0 Å². The van der Waals surface area contributed by atoms with Crippen LogP contribution in [0.2, 0.25) is 0 Å². The summed E-state index contributed by atoms with van der Waals surface area (Å²) in [6, 6.07) is 78.2. The number of hydrogen-bond acceptors (Lipinski definition) is 4. The van der Waals surface area contributed by atoms with Crippen molar-refractivity contribution in [1.82, 2.24) is 15.0 Å². The molecule has 4 heteroatoms. The molecule has 61 heavy (non-hydrogen) atoms. The minimum Gasteiger partial charge on any atom is -0.456 e. The third-order valence-corrected chi connectivity index (χ3v) is 11.4. The Morgan fingerprint density at radius 3 is 1.33 bits per heavy atom. The summed E-state index contributed by atoms with van der Waals surface area (Å²) in [6.45, 7) is 0. The second-order valence-electron chi connectivity index (χ2n) is 15.2. The van der Waals surface area contributed by atoms with Crippen LogP contribution in [0.5, 0.6) is 0 Å². The Balaban J connectivity index is 0.906. The first kappa shape index (κ1) is 35.9. The fourth-order valence-electron chi connectivity index (χ4n) is 8.29. The minimum absolute atomic E-state index is 0.621. The van der Waals surface area contributed by atoms with E-state index in [4.69, 9.17) is 19.4 Å². The van der Waals surface area contributed by atoms with Crippen molar-refractivity contribution in [3.8, 4) is 89.8 Å². The second-order valence-corrected chi connectivity index (χ2v) is 15.2. The van der Waals surface area contributed by atoms with Gasteiger partial charge in [0.2, 0.25) is 0 Å². The van der Waals surface area contributed by atoms with Crippen LogP contribution in [0, 0.1) is 0 Å². The molecule has 2 heterocycles. The van der Waals surface area contributed by atoms with Gasteiger partial charge in [-0.25, -0.2) is 15.0 Å². The average molecular weight is 780 g/mol. The summed E-state index contributed by atoms with van der Waals surface area (Å²) in [4.78, 5) is 15.4. The van der Waals surface area contributed by atoms with Crippen molar-refractivity contribution >= 4 is 21.9 Å². The number of aromatic nitrogens is 3. The van der Waals surface area contributed by atoms with Crippen molar-refractivity contribution in [3.63, 3.8) is 0 Å². The third-order valence-electron chi connectivity index (χ3n) is 11.4. The normalized spacial score (nSPS) is 11.3. The summed E-state index contributed by atoms with van der Waals surface area (Å²) >= 11 is 0. The highest BCUT2D eigenvalue weighted by atomic mass is 16.3. The number of rotatable bonds is 8. The van der Waals surface area contributed by atoms with E-state index in [1.165, 1.54) is 11.1 Å². The lowest BCUT2D eigenvalue weighted by Crippen LogP contribution is -2.01. The smallest absolute Gasteiger partial charge is 0.164 e. The van der Waals surface area contributed by atoms with Gasteiger partial charge >= 0.3 is 0 Å². The van der Waals surface area contributed by atoms with Gasteiger partial charge in [-0.2, -0.15) is 0 Å². The fraction of sp³-hybridized carbons (Fsp3) is 0. The molecule has 0 saturated carbocycles. The molecule has 0 atom stereocenters. The highest BCUT2D eigenvalue weighted by molar-refractivity contribution is 6.12. The lowest BCUT2D eigenvalue weighted by Gasteiger charge is -2.13. The second kappa shape index (κ2) is 15.5. The zero-order valence-electron chi connectivity index (χ0n) is 33.1. The number of nitrogens with zero attached hydrogens (tertiary/aromatic N) is 3. The molecule has 0 aliphatic rings. The third kappa shape index (κ3) is 6.96. The lowest BCUT2D eigenvalue weighted by molar-refractivity contribution is 0.669. The van der Waals surface area contributed by atoms with E-state index in [2.05, 4.69) is 188 Å². The molecule has 0 unspecified atom stereocenters. The minimum atomic E-state index is 0.621. The number of furan rings is 1. The van der Waals surface area contributed by atoms with Crippen LogP contribution in [-0.2, 0) is 0 Å². The van der Waals surface area contributed by atoms with Gasteiger partial charge < -0.3 is 4.42 Å². The van der Waals surface area contributed by atoms with Crippen molar-refractivity contribution in [1.29, 1.82) is 0 Å². The molecule has 0 saturated heterocycles. The molecule has 11 aromatic rings. The van der Waals surface area contributed by atoms with Crippen LogP contribution in [-0.4, -0.2) is 15.0 Å². The fourth-order valence-corrected chi connectivity index (χ4v) is 8.29. The van der Waals surface area contributed by atoms with Crippen molar-refractivity contribution < 1.29 is 4.42 Å². The molecule has 0 aliphatic carbocycles. The summed E-state index contributed by atoms with van der Waals surface area (Å²) in [5, 5.41) is 2.29. The molecule has 0 bridgehead atoms. The molecular weight excluding hydrogens is 743 g/mol. The monoisotopic (exact) mass is 779 g/mol. The molecular formula is C57H37N3O. The largest absolute Gasteiger partial charge is 0.456 e. The van der Waals surface area contributed by atoms with Crippen molar-refractivity contribution in [3.05, 3.63) is 224 Å². The number of benzene rings is 9. The first-order valence-electron chi connectivity index (χ1n) is 20.5.